The van der Waals surface area contributed by atoms with Crippen molar-refractivity contribution in [2.24, 2.45) is 0 Å². The number of β-amino-alcohol motifs (C(OH)–C–C–N with tert-alkyl or cyclic N) is 1. The van der Waals surface area contributed by atoms with E-state index in [1.165, 1.54) is 12.0 Å². The standard InChI is InChI=1S/C21H28N4O5/c1-15(27)23-8-3-9-24(11-10-23)17-6-4-16(5-7-17)22-19-18(21(29)30-2)14-25(12-13-26)20(19)28/h4-7,22,26H,3,8-14H2,1-2H3. The molecule has 1 fully saturated rings. The maximum absolute atomic E-state index is 12.6. The molecule has 162 valence electrons. The Morgan fingerprint density at radius 2 is 1.87 bits per heavy atom. The van der Waals surface area contributed by atoms with Gasteiger partial charge in [-0.2, -0.15) is 0 Å². The summed E-state index contributed by atoms with van der Waals surface area (Å²) in [7, 11) is 1.27. The molecule has 1 saturated heterocycles. The zero-order valence-electron chi connectivity index (χ0n) is 17.4. The van der Waals surface area contributed by atoms with Crippen molar-refractivity contribution >= 4 is 29.2 Å². The first-order chi connectivity index (χ1) is 14.4. The number of hydrogen-bond donors (Lipinski definition) is 2. The van der Waals surface area contributed by atoms with E-state index in [1.54, 1.807) is 6.92 Å². The summed E-state index contributed by atoms with van der Waals surface area (Å²) in [5.74, 6) is -0.810. The Labute approximate surface area is 175 Å². The number of rotatable bonds is 6. The summed E-state index contributed by atoms with van der Waals surface area (Å²) in [6, 6.07) is 7.61. The highest BCUT2D eigenvalue weighted by atomic mass is 16.5. The van der Waals surface area contributed by atoms with Crippen LogP contribution in [0.25, 0.3) is 0 Å². The molecule has 2 aliphatic rings. The topological polar surface area (TPSA) is 102 Å². The third-order valence-electron chi connectivity index (χ3n) is 5.40. The number of nitrogens with one attached hydrogen (secondary N) is 1. The van der Waals surface area contributed by atoms with Crippen molar-refractivity contribution in [1.29, 1.82) is 0 Å². The molecule has 0 aromatic heterocycles. The molecule has 2 N–H and O–H groups in total. The number of nitrogens with zero attached hydrogens (tertiary/aromatic N) is 3. The summed E-state index contributed by atoms with van der Waals surface area (Å²) in [5.41, 5.74) is 2.13. The molecule has 30 heavy (non-hydrogen) atoms. The van der Waals surface area contributed by atoms with Gasteiger partial charge in [0.2, 0.25) is 5.91 Å². The number of hydrogen-bond acceptors (Lipinski definition) is 7. The third kappa shape index (κ3) is 4.73. The monoisotopic (exact) mass is 416 g/mol. The van der Waals surface area contributed by atoms with Gasteiger partial charge >= 0.3 is 5.97 Å². The highest BCUT2D eigenvalue weighted by Gasteiger charge is 2.34. The van der Waals surface area contributed by atoms with Crippen LogP contribution in [0, 0.1) is 0 Å². The van der Waals surface area contributed by atoms with Crippen molar-refractivity contribution < 1.29 is 24.2 Å². The van der Waals surface area contributed by atoms with Crippen molar-refractivity contribution in [3.63, 3.8) is 0 Å². The van der Waals surface area contributed by atoms with Gasteiger partial charge in [0.05, 0.1) is 25.8 Å². The van der Waals surface area contributed by atoms with Crippen molar-refractivity contribution in [3.8, 4) is 0 Å². The molecule has 3 rings (SSSR count). The summed E-state index contributed by atoms with van der Waals surface area (Å²) >= 11 is 0. The molecule has 0 radical (unpaired) electrons. The molecule has 0 bridgehead atoms. The zero-order valence-corrected chi connectivity index (χ0v) is 17.4. The fraction of sp³-hybridized carbons (Fsp3) is 0.476. The average molecular weight is 416 g/mol. The van der Waals surface area contributed by atoms with Gasteiger partial charge in [0.25, 0.3) is 5.91 Å². The molecule has 2 amide bonds. The van der Waals surface area contributed by atoms with Crippen LogP contribution in [-0.4, -0.2) is 85.7 Å². The first kappa shape index (κ1) is 21.6. The number of aliphatic hydroxyl groups excluding tert-OH is 1. The van der Waals surface area contributed by atoms with Gasteiger partial charge < -0.3 is 29.9 Å². The van der Waals surface area contributed by atoms with Crippen molar-refractivity contribution in [2.45, 2.75) is 13.3 Å². The van der Waals surface area contributed by atoms with Crippen LogP contribution < -0.4 is 10.2 Å². The number of methoxy groups -OCH3 is 1. The smallest absolute Gasteiger partial charge is 0.337 e. The first-order valence-corrected chi connectivity index (χ1v) is 10.0. The van der Waals surface area contributed by atoms with Crippen molar-refractivity contribution in [3.05, 3.63) is 35.5 Å². The number of aliphatic hydroxyl groups is 1. The van der Waals surface area contributed by atoms with Crippen LogP contribution in [0.4, 0.5) is 11.4 Å². The fourth-order valence-corrected chi connectivity index (χ4v) is 3.74. The Balaban J connectivity index is 1.72. The lowest BCUT2D eigenvalue weighted by Gasteiger charge is -2.23. The summed E-state index contributed by atoms with van der Waals surface area (Å²) in [6.07, 6.45) is 0.907. The molecule has 1 aromatic carbocycles. The van der Waals surface area contributed by atoms with Crippen LogP contribution in [-0.2, 0) is 19.1 Å². The van der Waals surface area contributed by atoms with Gasteiger partial charge in [-0.3, -0.25) is 9.59 Å². The summed E-state index contributed by atoms with van der Waals surface area (Å²) < 4.78 is 4.80. The Bertz CT molecular complexity index is 836. The van der Waals surface area contributed by atoms with Crippen LogP contribution in [0.2, 0.25) is 0 Å². The van der Waals surface area contributed by atoms with E-state index in [0.29, 0.717) is 12.2 Å². The van der Waals surface area contributed by atoms with E-state index < -0.39 is 5.97 Å². The minimum absolute atomic E-state index is 0.0996. The van der Waals surface area contributed by atoms with Crippen LogP contribution in [0.3, 0.4) is 0 Å². The van der Waals surface area contributed by atoms with Gasteiger partial charge in [0.1, 0.15) is 5.70 Å². The molecule has 1 aromatic rings. The molecule has 9 heteroatoms. The van der Waals surface area contributed by atoms with E-state index in [-0.39, 0.29) is 42.8 Å². The molecule has 9 nitrogen and oxygen atoms in total. The number of carbonyl (C=O) groups excluding carboxylic acids is 3. The normalized spacial score (nSPS) is 17.3. The molecule has 0 aliphatic carbocycles. The Morgan fingerprint density at radius 3 is 2.50 bits per heavy atom. The van der Waals surface area contributed by atoms with Crippen LogP contribution in [0.5, 0.6) is 0 Å². The predicted octanol–water partition coefficient (Wildman–Crippen LogP) is 0.419. The van der Waals surface area contributed by atoms with E-state index in [9.17, 15) is 14.4 Å². The van der Waals surface area contributed by atoms with Gasteiger partial charge in [-0.05, 0) is 30.7 Å². The summed E-state index contributed by atoms with van der Waals surface area (Å²) in [4.78, 5) is 41.8. The summed E-state index contributed by atoms with van der Waals surface area (Å²) in [6.45, 7) is 4.75. The lowest BCUT2D eigenvalue weighted by atomic mass is 10.2. The quantitative estimate of drug-likeness (QED) is 0.648. The van der Waals surface area contributed by atoms with Crippen molar-refractivity contribution in [1.82, 2.24) is 9.80 Å². The van der Waals surface area contributed by atoms with Gasteiger partial charge in [0, 0.05) is 51.0 Å². The minimum atomic E-state index is -0.567. The number of esters is 1. The largest absolute Gasteiger partial charge is 0.466 e. The second-order valence-corrected chi connectivity index (χ2v) is 7.31. The Morgan fingerprint density at radius 1 is 1.13 bits per heavy atom. The van der Waals surface area contributed by atoms with Gasteiger partial charge in [-0.25, -0.2) is 4.79 Å². The summed E-state index contributed by atoms with van der Waals surface area (Å²) in [5, 5.41) is 12.2. The lowest BCUT2D eigenvalue weighted by molar-refractivity contribution is -0.136. The Kier molecular flexibility index (Phi) is 6.94. The van der Waals surface area contributed by atoms with E-state index in [4.69, 9.17) is 9.84 Å². The molecular formula is C21H28N4O5. The molecule has 0 saturated carbocycles. The van der Waals surface area contributed by atoms with E-state index >= 15 is 0 Å². The molecule has 2 heterocycles. The maximum atomic E-state index is 12.6. The van der Waals surface area contributed by atoms with Gasteiger partial charge in [-0.15, -0.1) is 0 Å². The zero-order chi connectivity index (χ0) is 21.7. The van der Waals surface area contributed by atoms with Crippen LogP contribution in [0.15, 0.2) is 35.5 Å². The maximum Gasteiger partial charge on any atom is 0.337 e. The molecule has 0 unspecified atom stereocenters. The van der Waals surface area contributed by atoms with Crippen molar-refractivity contribution in [2.75, 3.05) is 63.2 Å². The number of benzene rings is 1. The average Bonchev–Trinajstić information content (AvgIpc) is 2.92. The molecular weight excluding hydrogens is 388 g/mol. The molecule has 0 spiro atoms. The number of amides is 2. The molecule has 0 atom stereocenters. The van der Waals surface area contributed by atoms with Gasteiger partial charge in [-0.1, -0.05) is 0 Å². The minimum Gasteiger partial charge on any atom is -0.466 e. The molecule has 2 aliphatic heterocycles. The first-order valence-electron chi connectivity index (χ1n) is 10.0. The van der Waals surface area contributed by atoms with Crippen LogP contribution >= 0.6 is 0 Å². The predicted molar refractivity (Wildman–Crippen MR) is 112 cm³/mol. The van der Waals surface area contributed by atoms with Crippen LogP contribution in [0.1, 0.15) is 13.3 Å². The number of carbonyl (C=O) groups is 3. The second-order valence-electron chi connectivity index (χ2n) is 7.31. The third-order valence-corrected chi connectivity index (χ3v) is 5.40. The highest BCUT2D eigenvalue weighted by molar-refractivity contribution is 6.08. The number of anilines is 2. The van der Waals surface area contributed by atoms with E-state index in [1.807, 2.05) is 29.2 Å². The second kappa shape index (κ2) is 9.62. The fourth-order valence-electron chi connectivity index (χ4n) is 3.74. The lowest BCUT2D eigenvalue weighted by Crippen LogP contribution is -2.33. The number of ether oxygens (including phenoxy) is 1. The highest BCUT2D eigenvalue weighted by Crippen LogP contribution is 2.25. The Hall–Kier alpha value is -3.07. The SMILES string of the molecule is COC(=O)C1=C(Nc2ccc(N3CCCN(C(C)=O)CC3)cc2)C(=O)N(CCO)C1. The van der Waals surface area contributed by atoms with E-state index in [0.717, 1.165) is 31.7 Å². The van der Waals surface area contributed by atoms with E-state index in [2.05, 4.69) is 10.2 Å². The van der Waals surface area contributed by atoms with Gasteiger partial charge in [0.15, 0.2) is 0 Å².